The number of hydrogen-bond donors (Lipinski definition) is 2. The Morgan fingerprint density at radius 2 is 2.08 bits per heavy atom. The highest BCUT2D eigenvalue weighted by Gasteiger charge is 2.20. The summed E-state index contributed by atoms with van der Waals surface area (Å²) in [5.74, 6) is -1.75. The van der Waals surface area contributed by atoms with Crippen molar-refractivity contribution in [2.45, 2.75) is 33.6 Å². The van der Waals surface area contributed by atoms with E-state index in [-0.39, 0.29) is 12.5 Å². The standard InChI is InChI=1S/C18H23N3O3/c1-4-6-14(18(23)24)10-19-17(22)16-11-20-21(13(16)3)15-8-5-7-12(2)9-15/h5,7-9,11,14H,4,6,10H2,1-3H3,(H,19,22)(H,23,24). The molecule has 2 N–H and O–H groups in total. The molecule has 0 saturated carbocycles. The number of aromatic nitrogens is 2. The van der Waals surface area contributed by atoms with Crippen molar-refractivity contribution in [1.29, 1.82) is 0 Å². The minimum atomic E-state index is -0.885. The van der Waals surface area contributed by atoms with Gasteiger partial charge in [0.1, 0.15) is 0 Å². The second kappa shape index (κ2) is 7.77. The fourth-order valence-corrected chi connectivity index (χ4v) is 2.62. The van der Waals surface area contributed by atoms with Crippen LogP contribution in [-0.2, 0) is 4.79 Å². The number of carbonyl (C=O) groups is 2. The summed E-state index contributed by atoms with van der Waals surface area (Å²) in [6.07, 6.45) is 2.82. The molecule has 1 aromatic heterocycles. The van der Waals surface area contributed by atoms with Crippen molar-refractivity contribution < 1.29 is 14.7 Å². The zero-order valence-corrected chi connectivity index (χ0v) is 14.2. The number of carbonyl (C=O) groups excluding carboxylic acids is 1. The predicted molar refractivity (Wildman–Crippen MR) is 91.4 cm³/mol. The van der Waals surface area contributed by atoms with Gasteiger partial charge in [-0.05, 0) is 38.0 Å². The Morgan fingerprint density at radius 3 is 2.71 bits per heavy atom. The van der Waals surface area contributed by atoms with Gasteiger partial charge in [-0.25, -0.2) is 4.68 Å². The Bertz CT molecular complexity index is 737. The number of amides is 1. The van der Waals surface area contributed by atoms with Crippen LogP contribution in [0.5, 0.6) is 0 Å². The van der Waals surface area contributed by atoms with E-state index in [1.54, 1.807) is 4.68 Å². The lowest BCUT2D eigenvalue weighted by Crippen LogP contribution is -2.33. The summed E-state index contributed by atoms with van der Waals surface area (Å²) < 4.78 is 1.71. The average Bonchev–Trinajstić information content (AvgIpc) is 2.92. The van der Waals surface area contributed by atoms with Crippen molar-refractivity contribution in [2.24, 2.45) is 5.92 Å². The third-order valence-electron chi connectivity index (χ3n) is 4.00. The zero-order chi connectivity index (χ0) is 17.7. The van der Waals surface area contributed by atoms with E-state index >= 15 is 0 Å². The molecule has 0 fully saturated rings. The highest BCUT2D eigenvalue weighted by atomic mass is 16.4. The van der Waals surface area contributed by atoms with Crippen molar-refractivity contribution in [1.82, 2.24) is 15.1 Å². The van der Waals surface area contributed by atoms with E-state index in [9.17, 15) is 9.59 Å². The molecule has 2 aromatic rings. The maximum atomic E-state index is 12.4. The molecule has 6 heteroatoms. The molecule has 0 saturated heterocycles. The van der Waals surface area contributed by atoms with Crippen molar-refractivity contribution in [3.63, 3.8) is 0 Å². The first-order valence-corrected chi connectivity index (χ1v) is 8.06. The summed E-state index contributed by atoms with van der Waals surface area (Å²) in [6.45, 7) is 5.87. The van der Waals surface area contributed by atoms with Crippen LogP contribution < -0.4 is 5.32 Å². The Hall–Kier alpha value is -2.63. The number of nitrogens with one attached hydrogen (secondary N) is 1. The summed E-state index contributed by atoms with van der Waals surface area (Å²) in [4.78, 5) is 23.5. The smallest absolute Gasteiger partial charge is 0.308 e. The van der Waals surface area contributed by atoms with E-state index in [1.165, 1.54) is 6.20 Å². The maximum absolute atomic E-state index is 12.4. The highest BCUT2D eigenvalue weighted by Crippen LogP contribution is 2.15. The topological polar surface area (TPSA) is 84.2 Å². The molecule has 0 aliphatic heterocycles. The number of carboxylic acids is 1. The average molecular weight is 329 g/mol. The van der Waals surface area contributed by atoms with Crippen LogP contribution in [0.2, 0.25) is 0 Å². The van der Waals surface area contributed by atoms with Crippen LogP contribution in [0.1, 0.15) is 41.4 Å². The van der Waals surface area contributed by atoms with Gasteiger partial charge in [0.2, 0.25) is 0 Å². The van der Waals surface area contributed by atoms with Gasteiger partial charge in [-0.2, -0.15) is 5.10 Å². The minimum Gasteiger partial charge on any atom is -0.481 e. The van der Waals surface area contributed by atoms with Crippen LogP contribution in [0.4, 0.5) is 0 Å². The lowest BCUT2D eigenvalue weighted by atomic mass is 10.0. The largest absolute Gasteiger partial charge is 0.481 e. The van der Waals surface area contributed by atoms with Crippen molar-refractivity contribution in [3.05, 3.63) is 47.3 Å². The van der Waals surface area contributed by atoms with Gasteiger partial charge in [0, 0.05) is 6.54 Å². The Morgan fingerprint density at radius 1 is 1.33 bits per heavy atom. The monoisotopic (exact) mass is 329 g/mol. The molecular weight excluding hydrogens is 306 g/mol. The minimum absolute atomic E-state index is 0.122. The number of nitrogens with zero attached hydrogens (tertiary/aromatic N) is 2. The molecule has 0 aliphatic carbocycles. The Labute approximate surface area is 141 Å². The summed E-state index contributed by atoms with van der Waals surface area (Å²) in [5, 5.41) is 16.1. The first kappa shape index (κ1) is 17.7. The van der Waals surface area contributed by atoms with Gasteiger partial charge in [-0.15, -0.1) is 0 Å². The quantitative estimate of drug-likeness (QED) is 0.818. The summed E-state index contributed by atoms with van der Waals surface area (Å²) in [7, 11) is 0. The predicted octanol–water partition coefficient (Wildman–Crippen LogP) is 2.72. The van der Waals surface area contributed by atoms with Gasteiger partial charge >= 0.3 is 5.97 Å². The molecule has 128 valence electrons. The molecule has 6 nitrogen and oxygen atoms in total. The van der Waals surface area contributed by atoms with Gasteiger partial charge in [0.15, 0.2) is 0 Å². The number of carboxylic acid groups (broad SMARTS) is 1. The van der Waals surface area contributed by atoms with Gasteiger partial charge in [-0.1, -0.05) is 25.5 Å². The molecule has 0 spiro atoms. The van der Waals surface area contributed by atoms with E-state index in [0.717, 1.165) is 23.4 Å². The van der Waals surface area contributed by atoms with E-state index < -0.39 is 11.9 Å². The third kappa shape index (κ3) is 4.01. The molecule has 1 unspecified atom stereocenters. The van der Waals surface area contributed by atoms with Gasteiger partial charge < -0.3 is 10.4 Å². The van der Waals surface area contributed by atoms with Gasteiger partial charge in [0.25, 0.3) is 5.91 Å². The summed E-state index contributed by atoms with van der Waals surface area (Å²) >= 11 is 0. The second-order valence-corrected chi connectivity index (χ2v) is 5.93. The van der Waals surface area contributed by atoms with Crippen LogP contribution >= 0.6 is 0 Å². The molecule has 1 heterocycles. The van der Waals surface area contributed by atoms with Gasteiger partial charge in [0.05, 0.1) is 29.1 Å². The van der Waals surface area contributed by atoms with Gasteiger partial charge in [-0.3, -0.25) is 9.59 Å². The molecule has 1 amide bonds. The number of benzene rings is 1. The van der Waals surface area contributed by atoms with E-state index in [2.05, 4.69) is 10.4 Å². The molecular formula is C18H23N3O3. The Balaban J connectivity index is 2.12. The third-order valence-corrected chi connectivity index (χ3v) is 4.00. The summed E-state index contributed by atoms with van der Waals surface area (Å²) in [6, 6.07) is 7.85. The maximum Gasteiger partial charge on any atom is 0.308 e. The molecule has 1 aromatic carbocycles. The lowest BCUT2D eigenvalue weighted by molar-refractivity contribution is -0.141. The number of aryl methyl sites for hydroxylation is 1. The summed E-state index contributed by atoms with van der Waals surface area (Å²) in [5.41, 5.74) is 3.18. The lowest BCUT2D eigenvalue weighted by Gasteiger charge is -2.12. The molecule has 0 bridgehead atoms. The fourth-order valence-electron chi connectivity index (χ4n) is 2.62. The molecule has 0 aliphatic rings. The molecule has 0 radical (unpaired) electrons. The van der Waals surface area contributed by atoms with E-state index in [1.807, 2.05) is 45.0 Å². The molecule has 1 atom stereocenters. The van der Waals surface area contributed by atoms with Crippen LogP contribution in [0.25, 0.3) is 5.69 Å². The zero-order valence-electron chi connectivity index (χ0n) is 14.2. The number of hydrogen-bond acceptors (Lipinski definition) is 3. The van der Waals surface area contributed by atoms with Crippen molar-refractivity contribution in [3.8, 4) is 5.69 Å². The van der Waals surface area contributed by atoms with Crippen molar-refractivity contribution in [2.75, 3.05) is 6.54 Å². The van der Waals surface area contributed by atoms with E-state index in [0.29, 0.717) is 12.0 Å². The van der Waals surface area contributed by atoms with E-state index in [4.69, 9.17) is 5.11 Å². The Kier molecular flexibility index (Phi) is 5.73. The molecule has 2 rings (SSSR count). The second-order valence-electron chi connectivity index (χ2n) is 5.93. The first-order valence-electron chi connectivity index (χ1n) is 8.06. The molecule has 24 heavy (non-hydrogen) atoms. The number of aliphatic carboxylic acids is 1. The van der Waals surface area contributed by atoms with Crippen LogP contribution in [-0.4, -0.2) is 33.3 Å². The van der Waals surface area contributed by atoms with Crippen LogP contribution in [0.3, 0.4) is 0 Å². The van der Waals surface area contributed by atoms with Crippen molar-refractivity contribution >= 4 is 11.9 Å². The SMILES string of the molecule is CCCC(CNC(=O)c1cnn(-c2cccc(C)c2)c1C)C(=O)O. The normalized spacial score (nSPS) is 12.0. The van der Waals surface area contributed by atoms with Crippen LogP contribution in [0.15, 0.2) is 30.5 Å². The fraction of sp³-hybridized carbons (Fsp3) is 0.389. The highest BCUT2D eigenvalue weighted by molar-refractivity contribution is 5.95. The first-order chi connectivity index (χ1) is 11.4. The van der Waals surface area contributed by atoms with Crippen LogP contribution in [0, 0.1) is 19.8 Å². The number of rotatable bonds is 7.